The summed E-state index contributed by atoms with van der Waals surface area (Å²) in [4.78, 5) is 11.8. The number of carbonyl (C=O) groups is 1. The van der Waals surface area contributed by atoms with Gasteiger partial charge in [0.2, 0.25) is 0 Å². The first-order valence-electron chi connectivity index (χ1n) is 6.62. The molecule has 0 fully saturated rings. The van der Waals surface area contributed by atoms with Gasteiger partial charge in [0.1, 0.15) is 5.76 Å². The van der Waals surface area contributed by atoms with Crippen LogP contribution in [0.4, 0.5) is 0 Å². The SMILES string of the molecule is CCCCCOC(=O)c1ccc(-c2ccco2)cc1. The first-order valence-corrected chi connectivity index (χ1v) is 6.62. The number of hydrogen-bond donors (Lipinski definition) is 0. The van der Waals surface area contributed by atoms with E-state index >= 15 is 0 Å². The Hall–Kier alpha value is -2.03. The maximum atomic E-state index is 11.8. The van der Waals surface area contributed by atoms with Crippen molar-refractivity contribution in [2.24, 2.45) is 0 Å². The van der Waals surface area contributed by atoms with Crippen LogP contribution in [0.1, 0.15) is 36.5 Å². The number of rotatable bonds is 6. The van der Waals surface area contributed by atoms with Crippen LogP contribution in [0.5, 0.6) is 0 Å². The molecular formula is C16H18O3. The Balaban J connectivity index is 1.93. The van der Waals surface area contributed by atoms with Gasteiger partial charge >= 0.3 is 5.97 Å². The van der Waals surface area contributed by atoms with E-state index in [0.717, 1.165) is 30.6 Å². The zero-order chi connectivity index (χ0) is 13.5. The van der Waals surface area contributed by atoms with E-state index in [1.807, 2.05) is 24.3 Å². The van der Waals surface area contributed by atoms with Crippen molar-refractivity contribution in [3.8, 4) is 11.3 Å². The smallest absolute Gasteiger partial charge is 0.338 e. The summed E-state index contributed by atoms with van der Waals surface area (Å²) in [7, 11) is 0. The van der Waals surface area contributed by atoms with Crippen LogP contribution >= 0.6 is 0 Å². The van der Waals surface area contributed by atoms with Gasteiger partial charge < -0.3 is 9.15 Å². The zero-order valence-corrected chi connectivity index (χ0v) is 11.1. The molecule has 0 saturated heterocycles. The van der Waals surface area contributed by atoms with E-state index < -0.39 is 0 Å². The summed E-state index contributed by atoms with van der Waals surface area (Å²) in [6.07, 6.45) is 4.76. The van der Waals surface area contributed by atoms with E-state index in [-0.39, 0.29) is 5.97 Å². The standard InChI is InChI=1S/C16H18O3/c1-2-3-4-11-19-16(17)14-9-7-13(8-10-14)15-6-5-12-18-15/h5-10,12H,2-4,11H2,1H3. The minimum absolute atomic E-state index is 0.262. The number of esters is 1. The lowest BCUT2D eigenvalue weighted by atomic mass is 10.1. The largest absolute Gasteiger partial charge is 0.464 e. The van der Waals surface area contributed by atoms with Crippen LogP contribution in [-0.2, 0) is 4.74 Å². The molecule has 0 unspecified atom stereocenters. The van der Waals surface area contributed by atoms with Gasteiger partial charge in [-0.05, 0) is 30.7 Å². The Morgan fingerprint density at radius 3 is 2.58 bits per heavy atom. The first kappa shape index (κ1) is 13.4. The molecule has 2 aromatic rings. The van der Waals surface area contributed by atoms with E-state index in [0.29, 0.717) is 12.2 Å². The van der Waals surface area contributed by atoms with Crippen molar-refractivity contribution in [3.05, 3.63) is 48.2 Å². The Morgan fingerprint density at radius 2 is 1.95 bits per heavy atom. The van der Waals surface area contributed by atoms with Gasteiger partial charge in [0.05, 0.1) is 18.4 Å². The van der Waals surface area contributed by atoms with Gasteiger partial charge in [-0.3, -0.25) is 0 Å². The van der Waals surface area contributed by atoms with Crippen molar-refractivity contribution in [1.82, 2.24) is 0 Å². The van der Waals surface area contributed by atoms with Crippen LogP contribution < -0.4 is 0 Å². The summed E-state index contributed by atoms with van der Waals surface area (Å²) in [6.45, 7) is 2.61. The van der Waals surface area contributed by atoms with E-state index in [1.165, 1.54) is 0 Å². The second-order valence-corrected chi connectivity index (χ2v) is 4.40. The highest BCUT2D eigenvalue weighted by molar-refractivity contribution is 5.89. The quantitative estimate of drug-likeness (QED) is 0.573. The first-order chi connectivity index (χ1) is 9.31. The van der Waals surface area contributed by atoms with Gasteiger partial charge in [0.25, 0.3) is 0 Å². The molecule has 1 heterocycles. The molecule has 0 aliphatic rings. The molecule has 1 aromatic carbocycles. The predicted octanol–water partition coefficient (Wildman–Crippen LogP) is 4.29. The van der Waals surface area contributed by atoms with E-state index in [4.69, 9.17) is 9.15 Å². The minimum Gasteiger partial charge on any atom is -0.464 e. The molecule has 100 valence electrons. The Bertz CT molecular complexity index is 497. The predicted molar refractivity (Wildman–Crippen MR) is 74.0 cm³/mol. The van der Waals surface area contributed by atoms with Crippen LogP contribution in [0.25, 0.3) is 11.3 Å². The van der Waals surface area contributed by atoms with Crippen LogP contribution in [0.3, 0.4) is 0 Å². The van der Waals surface area contributed by atoms with Gasteiger partial charge in [-0.1, -0.05) is 31.9 Å². The molecule has 1 aromatic heterocycles. The summed E-state index contributed by atoms with van der Waals surface area (Å²) in [6, 6.07) is 11.0. The van der Waals surface area contributed by atoms with Crippen molar-refractivity contribution in [3.63, 3.8) is 0 Å². The molecule has 2 rings (SSSR count). The average Bonchev–Trinajstić information content (AvgIpc) is 2.98. The molecule has 3 heteroatoms. The molecule has 0 bridgehead atoms. The minimum atomic E-state index is -0.262. The fraction of sp³-hybridized carbons (Fsp3) is 0.312. The summed E-state index contributed by atoms with van der Waals surface area (Å²) in [5.74, 6) is 0.532. The zero-order valence-electron chi connectivity index (χ0n) is 11.1. The normalized spacial score (nSPS) is 10.4. The third-order valence-electron chi connectivity index (χ3n) is 2.91. The van der Waals surface area contributed by atoms with E-state index in [1.54, 1.807) is 18.4 Å². The lowest BCUT2D eigenvalue weighted by Crippen LogP contribution is -2.06. The maximum absolute atomic E-state index is 11.8. The lowest BCUT2D eigenvalue weighted by molar-refractivity contribution is 0.0498. The van der Waals surface area contributed by atoms with Crippen molar-refractivity contribution >= 4 is 5.97 Å². The fourth-order valence-electron chi connectivity index (χ4n) is 1.81. The average molecular weight is 258 g/mol. The van der Waals surface area contributed by atoms with Crippen molar-refractivity contribution in [2.45, 2.75) is 26.2 Å². The molecule has 0 aliphatic carbocycles. The molecule has 19 heavy (non-hydrogen) atoms. The second-order valence-electron chi connectivity index (χ2n) is 4.40. The maximum Gasteiger partial charge on any atom is 0.338 e. The summed E-state index contributed by atoms with van der Waals surface area (Å²) in [5.41, 5.74) is 1.53. The topological polar surface area (TPSA) is 39.4 Å². The highest BCUT2D eigenvalue weighted by atomic mass is 16.5. The highest BCUT2D eigenvalue weighted by Crippen LogP contribution is 2.20. The van der Waals surface area contributed by atoms with Crippen LogP contribution in [0, 0.1) is 0 Å². The third kappa shape index (κ3) is 3.71. The fourth-order valence-corrected chi connectivity index (χ4v) is 1.81. The van der Waals surface area contributed by atoms with Gasteiger partial charge in [0.15, 0.2) is 0 Å². The molecule has 0 radical (unpaired) electrons. The van der Waals surface area contributed by atoms with Gasteiger partial charge in [-0.15, -0.1) is 0 Å². The number of furan rings is 1. The number of unbranched alkanes of at least 4 members (excludes halogenated alkanes) is 2. The molecule has 0 amide bonds. The van der Waals surface area contributed by atoms with Crippen LogP contribution in [0.15, 0.2) is 47.1 Å². The van der Waals surface area contributed by atoms with Gasteiger partial charge in [-0.25, -0.2) is 4.79 Å². The van der Waals surface area contributed by atoms with Crippen LogP contribution in [-0.4, -0.2) is 12.6 Å². The Morgan fingerprint density at radius 1 is 1.16 bits per heavy atom. The van der Waals surface area contributed by atoms with Crippen LogP contribution in [0.2, 0.25) is 0 Å². The van der Waals surface area contributed by atoms with Crippen molar-refractivity contribution < 1.29 is 13.9 Å². The highest BCUT2D eigenvalue weighted by Gasteiger charge is 2.07. The Labute approximate surface area is 113 Å². The lowest BCUT2D eigenvalue weighted by Gasteiger charge is -2.04. The number of carbonyl (C=O) groups excluding carboxylic acids is 1. The van der Waals surface area contributed by atoms with E-state index in [2.05, 4.69) is 6.92 Å². The van der Waals surface area contributed by atoms with E-state index in [9.17, 15) is 4.79 Å². The van der Waals surface area contributed by atoms with Crippen molar-refractivity contribution in [2.75, 3.05) is 6.61 Å². The number of ether oxygens (including phenoxy) is 1. The molecule has 3 nitrogen and oxygen atoms in total. The molecule has 0 atom stereocenters. The van der Waals surface area contributed by atoms with Crippen molar-refractivity contribution in [1.29, 1.82) is 0 Å². The second kappa shape index (κ2) is 6.78. The van der Waals surface area contributed by atoms with Gasteiger partial charge in [0, 0.05) is 5.56 Å². The number of hydrogen-bond acceptors (Lipinski definition) is 3. The third-order valence-corrected chi connectivity index (χ3v) is 2.91. The molecule has 0 saturated carbocycles. The molecular weight excluding hydrogens is 240 g/mol. The molecule has 0 aliphatic heterocycles. The number of benzene rings is 1. The van der Waals surface area contributed by atoms with Gasteiger partial charge in [-0.2, -0.15) is 0 Å². The summed E-state index contributed by atoms with van der Waals surface area (Å²) in [5, 5.41) is 0. The molecule has 0 N–H and O–H groups in total. The summed E-state index contributed by atoms with van der Waals surface area (Å²) >= 11 is 0. The summed E-state index contributed by atoms with van der Waals surface area (Å²) < 4.78 is 10.5. The Kier molecular flexibility index (Phi) is 4.78. The monoisotopic (exact) mass is 258 g/mol. The molecule has 0 spiro atoms.